The molecule has 1 amide bonds. The van der Waals surface area contributed by atoms with Crippen molar-refractivity contribution in [1.29, 1.82) is 0 Å². The Morgan fingerprint density at radius 2 is 1.70 bits per heavy atom. The number of halogens is 1. The highest BCUT2D eigenvalue weighted by Crippen LogP contribution is 2.28. The van der Waals surface area contributed by atoms with E-state index < -0.39 is 10.0 Å². The number of nitrogens with one attached hydrogen (secondary N) is 2. The zero-order valence-corrected chi connectivity index (χ0v) is 19.9. The lowest BCUT2D eigenvalue weighted by molar-refractivity contribution is -0.116. The molecule has 0 aliphatic rings. The second kappa shape index (κ2) is 11.1. The number of ether oxygens (including phenoxy) is 2. The molecule has 2 N–H and O–H groups in total. The summed E-state index contributed by atoms with van der Waals surface area (Å²) < 4.78 is 38.8. The summed E-state index contributed by atoms with van der Waals surface area (Å²) in [6.07, 6.45) is 0.797. The van der Waals surface area contributed by atoms with Gasteiger partial charge in [-0.3, -0.25) is 9.52 Å². The fraction of sp³-hybridized carbons (Fsp3) is 0.208. The van der Waals surface area contributed by atoms with E-state index in [0.717, 1.165) is 5.56 Å². The quantitative estimate of drug-likeness (QED) is 0.380. The standard InChI is InChI=1S/C24H25ClN2O5S/c1-17-5-14-23(31-2)22(16-17)27-33(29,30)21-12-8-19(9-13-21)26-24(28)4-3-15-32-20-10-6-18(25)7-11-20/h5-14,16,27H,3-4,15H2,1-2H3,(H,26,28). The Balaban J connectivity index is 1.52. The highest BCUT2D eigenvalue weighted by molar-refractivity contribution is 7.92. The molecule has 33 heavy (non-hydrogen) atoms. The van der Waals surface area contributed by atoms with Crippen molar-refractivity contribution in [3.05, 3.63) is 77.3 Å². The van der Waals surface area contributed by atoms with Crippen LogP contribution in [-0.2, 0) is 14.8 Å². The fourth-order valence-electron chi connectivity index (χ4n) is 3.00. The van der Waals surface area contributed by atoms with Crippen molar-refractivity contribution >= 4 is 38.9 Å². The molecular formula is C24H25ClN2O5S. The number of hydrogen-bond donors (Lipinski definition) is 2. The molecule has 174 valence electrons. The van der Waals surface area contributed by atoms with Gasteiger partial charge in [-0.25, -0.2) is 8.42 Å². The Hall–Kier alpha value is -3.23. The predicted octanol–water partition coefficient (Wildman–Crippen LogP) is 5.26. The van der Waals surface area contributed by atoms with Gasteiger partial charge in [0.2, 0.25) is 5.91 Å². The molecule has 0 aliphatic heterocycles. The van der Waals surface area contributed by atoms with Gasteiger partial charge in [-0.15, -0.1) is 0 Å². The van der Waals surface area contributed by atoms with Gasteiger partial charge >= 0.3 is 0 Å². The molecule has 0 aromatic heterocycles. The summed E-state index contributed by atoms with van der Waals surface area (Å²) in [5, 5.41) is 3.39. The normalized spacial score (nSPS) is 11.0. The molecule has 7 nitrogen and oxygen atoms in total. The molecule has 0 bridgehead atoms. The molecular weight excluding hydrogens is 464 g/mol. The third-order valence-electron chi connectivity index (χ3n) is 4.68. The summed E-state index contributed by atoms with van der Waals surface area (Å²) in [7, 11) is -2.35. The van der Waals surface area contributed by atoms with Crippen molar-refractivity contribution < 1.29 is 22.7 Å². The summed E-state index contributed by atoms with van der Waals surface area (Å²) >= 11 is 5.83. The van der Waals surface area contributed by atoms with Gasteiger partial charge in [-0.1, -0.05) is 17.7 Å². The van der Waals surface area contributed by atoms with Crippen molar-refractivity contribution in [3.8, 4) is 11.5 Å². The molecule has 9 heteroatoms. The van der Waals surface area contributed by atoms with E-state index in [2.05, 4.69) is 10.0 Å². The van der Waals surface area contributed by atoms with E-state index in [1.54, 1.807) is 48.5 Å². The lowest BCUT2D eigenvalue weighted by atomic mass is 10.2. The number of carbonyl (C=O) groups is 1. The molecule has 0 radical (unpaired) electrons. The Kier molecular flexibility index (Phi) is 8.19. The first-order valence-corrected chi connectivity index (χ1v) is 12.1. The topological polar surface area (TPSA) is 93.7 Å². The van der Waals surface area contributed by atoms with Crippen LogP contribution in [0.25, 0.3) is 0 Å². The number of anilines is 2. The largest absolute Gasteiger partial charge is 0.495 e. The van der Waals surface area contributed by atoms with Crippen LogP contribution in [0, 0.1) is 6.92 Å². The molecule has 0 unspecified atom stereocenters. The second-order valence-corrected chi connectivity index (χ2v) is 9.41. The number of carbonyl (C=O) groups excluding carboxylic acids is 1. The molecule has 0 saturated carbocycles. The number of sulfonamides is 1. The highest BCUT2D eigenvalue weighted by atomic mass is 35.5. The Morgan fingerprint density at radius 3 is 2.36 bits per heavy atom. The number of hydrogen-bond acceptors (Lipinski definition) is 5. The van der Waals surface area contributed by atoms with E-state index in [1.807, 2.05) is 13.0 Å². The van der Waals surface area contributed by atoms with Crippen molar-refractivity contribution in [1.82, 2.24) is 0 Å². The third-order valence-corrected chi connectivity index (χ3v) is 6.31. The number of rotatable bonds is 10. The Morgan fingerprint density at radius 1 is 1.00 bits per heavy atom. The molecule has 3 rings (SSSR count). The van der Waals surface area contributed by atoms with Crippen LogP contribution in [0.1, 0.15) is 18.4 Å². The van der Waals surface area contributed by atoms with Gasteiger partial charge < -0.3 is 14.8 Å². The monoisotopic (exact) mass is 488 g/mol. The van der Waals surface area contributed by atoms with Gasteiger partial charge in [0.15, 0.2) is 0 Å². The molecule has 0 fully saturated rings. The van der Waals surface area contributed by atoms with Crippen LogP contribution in [0.5, 0.6) is 11.5 Å². The first-order chi connectivity index (χ1) is 15.8. The van der Waals surface area contributed by atoms with Crippen molar-refractivity contribution in [2.24, 2.45) is 0 Å². The molecule has 3 aromatic carbocycles. The molecule has 0 spiro atoms. The average molecular weight is 489 g/mol. The highest BCUT2D eigenvalue weighted by Gasteiger charge is 2.17. The van der Waals surface area contributed by atoms with Crippen molar-refractivity contribution in [3.63, 3.8) is 0 Å². The summed E-state index contributed by atoms with van der Waals surface area (Å²) in [5.41, 5.74) is 1.76. The van der Waals surface area contributed by atoms with Gasteiger partial charge in [0, 0.05) is 17.1 Å². The van der Waals surface area contributed by atoms with Crippen LogP contribution in [-0.4, -0.2) is 28.0 Å². The summed E-state index contributed by atoms with van der Waals surface area (Å²) in [6.45, 7) is 2.25. The van der Waals surface area contributed by atoms with Crippen molar-refractivity contribution in [2.45, 2.75) is 24.7 Å². The van der Waals surface area contributed by atoms with Gasteiger partial charge in [0.25, 0.3) is 10.0 Å². The Bertz CT molecular complexity index is 1200. The molecule has 3 aromatic rings. The SMILES string of the molecule is COc1ccc(C)cc1NS(=O)(=O)c1ccc(NC(=O)CCCOc2ccc(Cl)cc2)cc1. The lowest BCUT2D eigenvalue weighted by Crippen LogP contribution is -2.15. The van der Waals surface area contributed by atoms with Crippen LogP contribution in [0.15, 0.2) is 71.6 Å². The smallest absolute Gasteiger partial charge is 0.262 e. The van der Waals surface area contributed by atoms with Crippen LogP contribution in [0.2, 0.25) is 5.02 Å². The fourth-order valence-corrected chi connectivity index (χ4v) is 4.19. The second-order valence-electron chi connectivity index (χ2n) is 7.29. The minimum absolute atomic E-state index is 0.0698. The van der Waals surface area contributed by atoms with E-state index >= 15 is 0 Å². The zero-order chi connectivity index (χ0) is 23.8. The molecule has 0 atom stereocenters. The zero-order valence-electron chi connectivity index (χ0n) is 18.3. The van der Waals surface area contributed by atoms with E-state index in [-0.39, 0.29) is 17.2 Å². The van der Waals surface area contributed by atoms with Crippen LogP contribution < -0.4 is 19.5 Å². The number of benzene rings is 3. The summed E-state index contributed by atoms with van der Waals surface area (Å²) in [5.74, 6) is 0.925. The maximum absolute atomic E-state index is 12.7. The number of aryl methyl sites for hydroxylation is 1. The first-order valence-electron chi connectivity index (χ1n) is 10.2. The summed E-state index contributed by atoms with van der Waals surface area (Å²) in [4.78, 5) is 12.2. The van der Waals surface area contributed by atoms with Crippen LogP contribution in [0.3, 0.4) is 0 Å². The first kappa shape index (κ1) is 24.4. The van der Waals surface area contributed by atoms with Gasteiger partial charge in [0.05, 0.1) is 24.3 Å². The number of methoxy groups -OCH3 is 1. The molecule has 0 saturated heterocycles. The maximum atomic E-state index is 12.7. The minimum Gasteiger partial charge on any atom is -0.495 e. The van der Waals surface area contributed by atoms with E-state index in [4.69, 9.17) is 21.1 Å². The third kappa shape index (κ3) is 7.13. The molecule has 0 heterocycles. The van der Waals surface area contributed by atoms with E-state index in [1.165, 1.54) is 19.2 Å². The summed E-state index contributed by atoms with van der Waals surface area (Å²) in [6, 6.07) is 18.2. The maximum Gasteiger partial charge on any atom is 0.262 e. The van der Waals surface area contributed by atoms with E-state index in [0.29, 0.717) is 40.9 Å². The predicted molar refractivity (Wildman–Crippen MR) is 130 cm³/mol. The number of amides is 1. The minimum atomic E-state index is -3.82. The van der Waals surface area contributed by atoms with Crippen LogP contribution in [0.4, 0.5) is 11.4 Å². The lowest BCUT2D eigenvalue weighted by Gasteiger charge is -2.13. The van der Waals surface area contributed by atoms with Crippen molar-refractivity contribution in [2.75, 3.05) is 23.8 Å². The van der Waals surface area contributed by atoms with Gasteiger partial charge in [0.1, 0.15) is 11.5 Å². The van der Waals surface area contributed by atoms with Gasteiger partial charge in [-0.2, -0.15) is 0 Å². The molecule has 0 aliphatic carbocycles. The van der Waals surface area contributed by atoms with Gasteiger partial charge in [-0.05, 0) is 79.6 Å². The Labute approximate surface area is 198 Å². The van der Waals surface area contributed by atoms with E-state index in [9.17, 15) is 13.2 Å². The van der Waals surface area contributed by atoms with Crippen LogP contribution >= 0.6 is 11.6 Å². The average Bonchev–Trinajstić information content (AvgIpc) is 2.78.